The van der Waals surface area contributed by atoms with Gasteiger partial charge in [-0.2, -0.15) is 0 Å². The molecule has 3 aromatic carbocycles. The van der Waals surface area contributed by atoms with Crippen LogP contribution in [0.4, 0.5) is 10.5 Å². The minimum atomic E-state index is -1.25. The maximum atomic E-state index is 12.8. The third-order valence-electron chi connectivity index (χ3n) is 5.89. The van der Waals surface area contributed by atoms with Crippen molar-refractivity contribution in [2.24, 2.45) is 0 Å². The van der Waals surface area contributed by atoms with Gasteiger partial charge in [-0.15, -0.1) is 0 Å². The maximum absolute atomic E-state index is 12.8. The summed E-state index contributed by atoms with van der Waals surface area (Å²) in [4.78, 5) is 36.2. The van der Waals surface area contributed by atoms with Gasteiger partial charge in [0.05, 0.1) is 0 Å². The fourth-order valence-electron chi connectivity index (χ4n) is 4.12. The number of hydrogen-bond donors (Lipinski definition) is 3. The number of rotatable bonds is 7. The predicted molar refractivity (Wildman–Crippen MR) is 134 cm³/mol. The second kappa shape index (κ2) is 9.85. The number of hydrogen-bond acceptors (Lipinski definition) is 4. The van der Waals surface area contributed by atoms with Crippen molar-refractivity contribution in [2.75, 3.05) is 11.9 Å². The van der Waals surface area contributed by atoms with Crippen molar-refractivity contribution < 1.29 is 24.2 Å². The zero-order valence-corrected chi connectivity index (χ0v) is 19.4. The highest BCUT2D eigenvalue weighted by molar-refractivity contribution is 5.99. The average Bonchev–Trinajstić information content (AvgIpc) is 3.15. The van der Waals surface area contributed by atoms with Crippen molar-refractivity contribution in [3.8, 4) is 11.1 Å². The summed E-state index contributed by atoms with van der Waals surface area (Å²) < 4.78 is 5.55. The van der Waals surface area contributed by atoms with Crippen LogP contribution in [0.3, 0.4) is 0 Å². The van der Waals surface area contributed by atoms with E-state index in [0.29, 0.717) is 11.3 Å². The van der Waals surface area contributed by atoms with E-state index in [-0.39, 0.29) is 12.5 Å². The van der Waals surface area contributed by atoms with Crippen LogP contribution in [0.15, 0.2) is 78.9 Å². The van der Waals surface area contributed by atoms with Crippen molar-refractivity contribution >= 4 is 29.7 Å². The van der Waals surface area contributed by atoms with Gasteiger partial charge in [-0.1, -0.05) is 60.7 Å². The molecule has 0 aromatic heterocycles. The molecule has 0 saturated heterocycles. The Morgan fingerprint density at radius 1 is 0.943 bits per heavy atom. The van der Waals surface area contributed by atoms with Gasteiger partial charge in [-0.3, -0.25) is 4.79 Å². The molecule has 3 aromatic rings. The summed E-state index contributed by atoms with van der Waals surface area (Å²) in [5.41, 5.74) is 4.33. The Balaban J connectivity index is 1.38. The van der Waals surface area contributed by atoms with E-state index in [9.17, 15) is 14.4 Å². The highest BCUT2D eigenvalue weighted by Crippen LogP contribution is 2.44. The summed E-state index contributed by atoms with van der Waals surface area (Å²) in [7, 11) is 0. The zero-order valence-electron chi connectivity index (χ0n) is 19.4. The van der Waals surface area contributed by atoms with Gasteiger partial charge in [-0.25, -0.2) is 9.59 Å². The average molecular weight is 471 g/mol. The topological polar surface area (TPSA) is 105 Å². The van der Waals surface area contributed by atoms with Crippen molar-refractivity contribution in [3.05, 3.63) is 95.6 Å². The molecule has 0 bridgehead atoms. The van der Waals surface area contributed by atoms with Crippen LogP contribution in [-0.4, -0.2) is 35.2 Å². The minimum Gasteiger partial charge on any atom is -0.478 e. The number of carboxylic acid groups (broad SMARTS) is 1. The highest BCUT2D eigenvalue weighted by atomic mass is 16.5. The molecule has 3 N–H and O–H groups in total. The molecule has 0 fully saturated rings. The molecular formula is C28H26N2O5. The number of nitrogens with one attached hydrogen (secondary N) is 2. The lowest BCUT2D eigenvalue weighted by Gasteiger charge is -2.25. The van der Waals surface area contributed by atoms with Gasteiger partial charge in [0.25, 0.3) is 0 Å². The summed E-state index contributed by atoms with van der Waals surface area (Å²) in [6, 6.07) is 22.9. The van der Waals surface area contributed by atoms with Crippen molar-refractivity contribution in [1.29, 1.82) is 0 Å². The van der Waals surface area contributed by atoms with Crippen LogP contribution < -0.4 is 10.6 Å². The standard InChI is InChI=1S/C28H26N2O5/c1-28(2,26(33)29-19-9-7-8-18(16-19)14-15-25(31)32)30-27(34)35-17-24-22-12-5-3-10-20(22)21-11-4-6-13-23(21)24/h3-16,24H,17H2,1-2H3,(H,29,33)(H,30,34)(H,31,32)/b15-14+. The molecule has 0 saturated carbocycles. The molecule has 0 radical (unpaired) electrons. The number of ether oxygens (including phenoxy) is 1. The number of benzene rings is 3. The summed E-state index contributed by atoms with van der Waals surface area (Å²) in [5, 5.41) is 14.2. The number of carbonyl (C=O) groups is 3. The first-order valence-electron chi connectivity index (χ1n) is 11.2. The Kier molecular flexibility index (Phi) is 6.68. The first-order chi connectivity index (χ1) is 16.7. The molecule has 7 nitrogen and oxygen atoms in total. The van der Waals surface area contributed by atoms with E-state index in [2.05, 4.69) is 22.8 Å². The molecule has 2 amide bonds. The van der Waals surface area contributed by atoms with Gasteiger partial charge in [0.15, 0.2) is 0 Å². The lowest BCUT2D eigenvalue weighted by atomic mass is 9.98. The Hall–Kier alpha value is -4.39. The summed E-state index contributed by atoms with van der Waals surface area (Å²) in [6.45, 7) is 3.31. The van der Waals surface area contributed by atoms with Gasteiger partial charge in [0.2, 0.25) is 5.91 Å². The quantitative estimate of drug-likeness (QED) is 0.420. The Labute approximate surface area is 203 Å². The van der Waals surface area contributed by atoms with E-state index < -0.39 is 23.5 Å². The van der Waals surface area contributed by atoms with Crippen LogP contribution in [0.25, 0.3) is 17.2 Å². The fraction of sp³-hybridized carbons (Fsp3) is 0.179. The lowest BCUT2D eigenvalue weighted by Crippen LogP contribution is -2.52. The van der Waals surface area contributed by atoms with E-state index in [1.807, 2.05) is 36.4 Å². The molecule has 35 heavy (non-hydrogen) atoms. The van der Waals surface area contributed by atoms with Crippen LogP contribution in [0.5, 0.6) is 0 Å². The van der Waals surface area contributed by atoms with Gasteiger partial charge in [-0.05, 0) is 59.9 Å². The molecule has 0 aliphatic heterocycles. The minimum absolute atomic E-state index is 0.0771. The SMILES string of the molecule is CC(C)(NC(=O)OCC1c2ccccc2-c2ccccc21)C(=O)Nc1cccc(/C=C/C(=O)O)c1. The van der Waals surface area contributed by atoms with Gasteiger partial charge < -0.3 is 20.5 Å². The molecule has 178 valence electrons. The molecule has 1 aliphatic rings. The fourth-order valence-corrected chi connectivity index (χ4v) is 4.12. The third-order valence-corrected chi connectivity index (χ3v) is 5.89. The first kappa shape index (κ1) is 23.8. The van der Waals surface area contributed by atoms with E-state index in [4.69, 9.17) is 9.84 Å². The second-order valence-electron chi connectivity index (χ2n) is 8.83. The van der Waals surface area contributed by atoms with Crippen LogP contribution in [0, 0.1) is 0 Å². The smallest absolute Gasteiger partial charge is 0.408 e. The Bertz CT molecular complexity index is 1270. The van der Waals surface area contributed by atoms with E-state index in [1.54, 1.807) is 38.1 Å². The van der Waals surface area contributed by atoms with Crippen LogP contribution in [-0.2, 0) is 14.3 Å². The highest BCUT2D eigenvalue weighted by Gasteiger charge is 2.32. The molecule has 7 heteroatoms. The second-order valence-corrected chi connectivity index (χ2v) is 8.83. The van der Waals surface area contributed by atoms with Gasteiger partial charge in [0.1, 0.15) is 12.1 Å². The third kappa shape index (κ3) is 5.41. The van der Waals surface area contributed by atoms with Gasteiger partial charge in [0, 0.05) is 17.7 Å². The molecule has 4 rings (SSSR count). The molecule has 0 spiro atoms. The molecule has 0 atom stereocenters. The van der Waals surface area contributed by atoms with Crippen LogP contribution in [0.1, 0.15) is 36.5 Å². The normalized spacial score (nSPS) is 12.6. The van der Waals surface area contributed by atoms with Crippen molar-refractivity contribution in [2.45, 2.75) is 25.3 Å². The Morgan fingerprint density at radius 2 is 1.57 bits per heavy atom. The zero-order chi connectivity index (χ0) is 25.0. The number of carboxylic acids is 1. The summed E-state index contributed by atoms with van der Waals surface area (Å²) in [5.74, 6) is -1.58. The monoisotopic (exact) mass is 470 g/mol. The summed E-state index contributed by atoms with van der Waals surface area (Å²) >= 11 is 0. The summed E-state index contributed by atoms with van der Waals surface area (Å²) in [6.07, 6.45) is 1.76. The maximum Gasteiger partial charge on any atom is 0.408 e. The number of alkyl carbamates (subject to hydrolysis) is 1. The van der Waals surface area contributed by atoms with Crippen LogP contribution in [0.2, 0.25) is 0 Å². The number of aliphatic carboxylic acids is 1. The number of anilines is 1. The van der Waals surface area contributed by atoms with Crippen molar-refractivity contribution in [1.82, 2.24) is 5.32 Å². The van der Waals surface area contributed by atoms with E-state index in [1.165, 1.54) is 6.08 Å². The van der Waals surface area contributed by atoms with E-state index >= 15 is 0 Å². The Morgan fingerprint density at radius 3 is 2.20 bits per heavy atom. The van der Waals surface area contributed by atoms with Gasteiger partial charge >= 0.3 is 12.1 Å². The molecule has 0 heterocycles. The largest absolute Gasteiger partial charge is 0.478 e. The number of amides is 2. The molecule has 1 aliphatic carbocycles. The van der Waals surface area contributed by atoms with Crippen LogP contribution >= 0.6 is 0 Å². The number of carbonyl (C=O) groups excluding carboxylic acids is 2. The lowest BCUT2D eigenvalue weighted by molar-refractivity contribution is -0.131. The molecule has 0 unspecified atom stereocenters. The predicted octanol–water partition coefficient (Wildman–Crippen LogP) is 5.04. The molecular weight excluding hydrogens is 444 g/mol. The van der Waals surface area contributed by atoms with Crippen molar-refractivity contribution in [3.63, 3.8) is 0 Å². The van der Waals surface area contributed by atoms with E-state index in [0.717, 1.165) is 28.3 Å². The number of fused-ring (bicyclic) bond motifs is 3. The first-order valence-corrected chi connectivity index (χ1v) is 11.2.